The Balaban J connectivity index is 2.71. The Labute approximate surface area is 90.8 Å². The summed E-state index contributed by atoms with van der Waals surface area (Å²) in [5, 5.41) is 18.8. The van der Waals surface area contributed by atoms with Gasteiger partial charge < -0.3 is 5.11 Å². The number of hydrogen-bond acceptors (Lipinski definition) is 4. The van der Waals surface area contributed by atoms with Crippen molar-refractivity contribution < 1.29 is 5.11 Å². The van der Waals surface area contributed by atoms with Gasteiger partial charge in [0.1, 0.15) is 10.9 Å². The van der Waals surface area contributed by atoms with Crippen molar-refractivity contribution in [2.24, 2.45) is 0 Å². The van der Waals surface area contributed by atoms with E-state index in [1.807, 2.05) is 18.2 Å². The monoisotopic (exact) mass is 221 g/mol. The summed E-state index contributed by atoms with van der Waals surface area (Å²) in [5.74, 6) is 0. The fraction of sp³-hybridized carbons (Fsp3) is 0.100. The van der Waals surface area contributed by atoms with Gasteiger partial charge in [-0.25, -0.2) is 0 Å². The molecule has 1 N–H and O–H groups in total. The average molecular weight is 221 g/mol. The maximum Gasteiger partial charge on any atom is 0.110 e. The Morgan fingerprint density at radius 2 is 2.21 bits per heavy atom. The molecule has 0 aliphatic rings. The lowest BCUT2D eigenvalue weighted by Gasteiger charge is -2.00. The van der Waals surface area contributed by atoms with Gasteiger partial charge in [0, 0.05) is 9.60 Å². The van der Waals surface area contributed by atoms with Crippen LogP contribution in [0.5, 0.6) is 0 Å². The van der Waals surface area contributed by atoms with Gasteiger partial charge in [0.2, 0.25) is 0 Å². The molecular formula is C10H7NOS2. The van der Waals surface area contributed by atoms with Crippen molar-refractivity contribution in [1.29, 1.82) is 5.26 Å². The summed E-state index contributed by atoms with van der Waals surface area (Å²) in [5.41, 5.74) is 0.798. The zero-order chi connectivity index (χ0) is 10.1. The molecule has 0 bridgehead atoms. The van der Waals surface area contributed by atoms with Gasteiger partial charge in [-0.2, -0.15) is 5.26 Å². The number of aliphatic hydroxyl groups excluding tert-OH is 1. The molecule has 2 aromatic rings. The van der Waals surface area contributed by atoms with E-state index in [1.165, 1.54) is 11.3 Å². The van der Waals surface area contributed by atoms with Crippen LogP contribution < -0.4 is 0 Å². The van der Waals surface area contributed by atoms with Gasteiger partial charge in [0.05, 0.1) is 6.61 Å². The van der Waals surface area contributed by atoms with E-state index < -0.39 is 0 Å². The summed E-state index contributed by atoms with van der Waals surface area (Å²) in [6.45, 7) is -0.0193. The van der Waals surface area contributed by atoms with Crippen LogP contribution in [0.4, 0.5) is 0 Å². The minimum atomic E-state index is -0.0193. The first-order valence-electron chi connectivity index (χ1n) is 4.01. The molecule has 14 heavy (non-hydrogen) atoms. The van der Waals surface area contributed by atoms with Gasteiger partial charge in [-0.05, 0) is 29.1 Å². The number of nitrogens with zero attached hydrogens (tertiary/aromatic N) is 1. The molecule has 0 aliphatic heterocycles. The lowest BCUT2D eigenvalue weighted by Crippen LogP contribution is -1.83. The summed E-state index contributed by atoms with van der Waals surface area (Å²) >= 11 is 5.68. The van der Waals surface area contributed by atoms with Crippen LogP contribution in [0.1, 0.15) is 10.4 Å². The van der Waals surface area contributed by atoms with E-state index in [2.05, 4.69) is 18.7 Å². The van der Waals surface area contributed by atoms with Crippen molar-refractivity contribution >= 4 is 34.1 Å². The molecule has 0 unspecified atom stereocenters. The largest absolute Gasteiger partial charge is 0.392 e. The highest BCUT2D eigenvalue weighted by Crippen LogP contribution is 2.29. The Morgan fingerprint density at radius 3 is 2.86 bits per heavy atom. The fourth-order valence-electron chi connectivity index (χ4n) is 1.30. The summed E-state index contributed by atoms with van der Waals surface area (Å²) in [6.07, 6.45) is 0. The second kappa shape index (κ2) is 3.62. The molecule has 1 heterocycles. The maximum atomic E-state index is 9.03. The molecule has 0 amide bonds. The zero-order valence-electron chi connectivity index (χ0n) is 7.19. The second-order valence-corrected chi connectivity index (χ2v) is 4.46. The van der Waals surface area contributed by atoms with E-state index in [-0.39, 0.29) is 6.61 Å². The van der Waals surface area contributed by atoms with Crippen LogP contribution in [0, 0.1) is 11.3 Å². The number of hydrogen-bond donors (Lipinski definition) is 2. The fourth-order valence-corrected chi connectivity index (χ4v) is 2.48. The summed E-state index contributed by atoms with van der Waals surface area (Å²) in [7, 11) is 0. The third kappa shape index (κ3) is 1.50. The Bertz CT molecular complexity index is 525. The second-order valence-electron chi connectivity index (χ2n) is 2.90. The lowest BCUT2D eigenvalue weighted by atomic mass is 10.2. The van der Waals surface area contributed by atoms with Gasteiger partial charge in [-0.15, -0.1) is 24.0 Å². The predicted molar refractivity (Wildman–Crippen MR) is 59.7 cm³/mol. The van der Waals surface area contributed by atoms with Crippen LogP contribution in [0.2, 0.25) is 0 Å². The first-order valence-corrected chi connectivity index (χ1v) is 5.27. The third-order valence-corrected chi connectivity index (χ3v) is 3.42. The highest BCUT2D eigenvalue weighted by atomic mass is 32.1. The molecule has 0 fully saturated rings. The van der Waals surface area contributed by atoms with Gasteiger partial charge >= 0.3 is 0 Å². The Morgan fingerprint density at radius 1 is 1.43 bits per heavy atom. The molecule has 0 radical (unpaired) electrons. The first kappa shape index (κ1) is 9.53. The summed E-state index contributed by atoms with van der Waals surface area (Å²) < 4.78 is 1.02. The van der Waals surface area contributed by atoms with E-state index >= 15 is 0 Å². The van der Waals surface area contributed by atoms with Gasteiger partial charge in [-0.1, -0.05) is 0 Å². The van der Waals surface area contributed by atoms with E-state index in [0.717, 1.165) is 20.5 Å². The molecule has 0 saturated heterocycles. The smallest absolute Gasteiger partial charge is 0.110 e. The minimum Gasteiger partial charge on any atom is -0.392 e. The highest BCUT2D eigenvalue weighted by molar-refractivity contribution is 7.80. The van der Waals surface area contributed by atoms with Crippen LogP contribution in [0.3, 0.4) is 0 Å². The molecule has 2 rings (SSSR count). The number of thiol groups is 1. The first-order chi connectivity index (χ1) is 6.74. The normalized spacial score (nSPS) is 10.4. The molecule has 2 nitrogen and oxygen atoms in total. The van der Waals surface area contributed by atoms with E-state index in [9.17, 15) is 0 Å². The molecule has 1 aromatic heterocycles. The zero-order valence-corrected chi connectivity index (χ0v) is 8.90. The van der Waals surface area contributed by atoms with Gasteiger partial charge in [-0.3, -0.25) is 0 Å². The van der Waals surface area contributed by atoms with E-state index in [4.69, 9.17) is 10.4 Å². The van der Waals surface area contributed by atoms with E-state index in [1.54, 1.807) is 0 Å². The molecule has 0 aliphatic carbocycles. The molecule has 0 spiro atoms. The molecule has 1 aromatic carbocycles. The number of rotatable bonds is 1. The summed E-state index contributed by atoms with van der Waals surface area (Å²) in [6, 6.07) is 7.69. The van der Waals surface area contributed by atoms with Crippen LogP contribution in [0.25, 0.3) is 10.1 Å². The minimum absolute atomic E-state index is 0.0193. The number of benzene rings is 1. The van der Waals surface area contributed by atoms with Crippen molar-refractivity contribution in [2.45, 2.75) is 11.5 Å². The SMILES string of the molecule is N#Cc1cc2cc(S)c(CO)cc2s1. The van der Waals surface area contributed by atoms with Crippen LogP contribution in [0.15, 0.2) is 23.1 Å². The average Bonchev–Trinajstić information content (AvgIpc) is 2.58. The quantitative estimate of drug-likeness (QED) is 0.727. The van der Waals surface area contributed by atoms with Crippen LogP contribution >= 0.6 is 24.0 Å². The number of thiophene rings is 1. The number of nitriles is 1. The number of fused-ring (bicyclic) bond motifs is 1. The third-order valence-electron chi connectivity index (χ3n) is 2.00. The van der Waals surface area contributed by atoms with Crippen molar-refractivity contribution in [3.05, 3.63) is 28.6 Å². The van der Waals surface area contributed by atoms with Gasteiger partial charge in [0.25, 0.3) is 0 Å². The van der Waals surface area contributed by atoms with Crippen molar-refractivity contribution in [3.63, 3.8) is 0 Å². The Kier molecular flexibility index (Phi) is 2.46. The summed E-state index contributed by atoms with van der Waals surface area (Å²) in [4.78, 5) is 1.45. The van der Waals surface area contributed by atoms with E-state index in [0.29, 0.717) is 4.88 Å². The van der Waals surface area contributed by atoms with Crippen molar-refractivity contribution in [2.75, 3.05) is 0 Å². The predicted octanol–water partition coefficient (Wildman–Crippen LogP) is 2.55. The molecule has 4 heteroatoms. The van der Waals surface area contributed by atoms with Crippen LogP contribution in [-0.2, 0) is 6.61 Å². The Hall–Kier alpha value is -1.02. The van der Waals surface area contributed by atoms with Crippen molar-refractivity contribution in [3.8, 4) is 6.07 Å². The molecule has 70 valence electrons. The molecular weight excluding hydrogens is 214 g/mol. The van der Waals surface area contributed by atoms with Crippen LogP contribution in [-0.4, -0.2) is 5.11 Å². The number of aliphatic hydroxyl groups is 1. The molecule has 0 atom stereocenters. The standard InChI is InChI=1S/C10H7NOS2/c11-4-8-1-6-2-9(13)7(5-12)3-10(6)14-8/h1-3,12-13H,5H2. The molecule has 0 saturated carbocycles. The topological polar surface area (TPSA) is 44.0 Å². The van der Waals surface area contributed by atoms with Gasteiger partial charge in [0.15, 0.2) is 0 Å². The van der Waals surface area contributed by atoms with Crippen molar-refractivity contribution in [1.82, 2.24) is 0 Å². The highest BCUT2D eigenvalue weighted by Gasteiger charge is 2.05. The lowest BCUT2D eigenvalue weighted by molar-refractivity contribution is 0.279. The maximum absolute atomic E-state index is 9.03.